The third kappa shape index (κ3) is 5.87. The molecule has 8 heteroatoms. The second kappa shape index (κ2) is 10.1. The van der Waals surface area contributed by atoms with E-state index in [4.69, 9.17) is 9.15 Å². The second-order valence-electron chi connectivity index (χ2n) is 6.25. The van der Waals surface area contributed by atoms with Crippen LogP contribution in [0.3, 0.4) is 0 Å². The van der Waals surface area contributed by atoms with Crippen molar-refractivity contribution in [1.29, 1.82) is 0 Å². The summed E-state index contributed by atoms with van der Waals surface area (Å²) < 4.78 is 12.3. The van der Waals surface area contributed by atoms with Crippen LogP contribution in [0.5, 0.6) is 5.75 Å². The highest BCUT2D eigenvalue weighted by molar-refractivity contribution is 5.79. The third-order valence-corrected chi connectivity index (χ3v) is 4.29. The van der Waals surface area contributed by atoms with Gasteiger partial charge in [0.1, 0.15) is 30.2 Å². The molecule has 0 atom stereocenters. The van der Waals surface area contributed by atoms with E-state index in [1.165, 1.54) is 11.9 Å². The monoisotopic (exact) mass is 382 g/mol. The van der Waals surface area contributed by atoms with E-state index in [0.717, 1.165) is 49.2 Å². The van der Waals surface area contributed by atoms with Gasteiger partial charge in [0, 0.05) is 26.6 Å². The van der Waals surface area contributed by atoms with Crippen LogP contribution < -0.4 is 15.4 Å². The Morgan fingerprint density at radius 2 is 1.93 bits per heavy atom. The molecule has 2 N–H and O–H groups in total. The molecule has 0 unspecified atom stereocenters. The van der Waals surface area contributed by atoms with Crippen molar-refractivity contribution in [3.63, 3.8) is 0 Å². The number of guanidine groups is 1. The van der Waals surface area contributed by atoms with Crippen molar-refractivity contribution in [2.45, 2.75) is 19.4 Å². The molecule has 0 radical (unpaired) electrons. The first kappa shape index (κ1) is 19.5. The topological polar surface area (TPSA) is 89.5 Å². The van der Waals surface area contributed by atoms with Gasteiger partial charge in [-0.05, 0) is 36.2 Å². The van der Waals surface area contributed by atoms with E-state index in [0.29, 0.717) is 6.54 Å². The molecule has 0 aliphatic rings. The van der Waals surface area contributed by atoms with Crippen LogP contribution in [-0.4, -0.2) is 40.9 Å². The molecule has 0 saturated heterocycles. The van der Waals surface area contributed by atoms with E-state index in [9.17, 15) is 0 Å². The Morgan fingerprint density at radius 1 is 1.14 bits per heavy atom. The summed E-state index contributed by atoms with van der Waals surface area (Å²) in [5.41, 5.74) is 1.23. The lowest BCUT2D eigenvalue weighted by atomic mass is 10.1. The van der Waals surface area contributed by atoms with Crippen LogP contribution in [0.4, 0.5) is 0 Å². The number of hydrogen-bond acceptors (Lipinski definition) is 5. The highest BCUT2D eigenvalue weighted by atomic mass is 16.5. The van der Waals surface area contributed by atoms with Crippen molar-refractivity contribution >= 4 is 5.96 Å². The zero-order chi connectivity index (χ0) is 19.6. The van der Waals surface area contributed by atoms with Crippen molar-refractivity contribution in [2.75, 3.05) is 20.2 Å². The fourth-order valence-electron chi connectivity index (χ4n) is 2.66. The summed E-state index contributed by atoms with van der Waals surface area (Å²) in [6, 6.07) is 11.9. The normalized spacial score (nSPS) is 11.4. The molecule has 0 spiro atoms. The van der Waals surface area contributed by atoms with Gasteiger partial charge >= 0.3 is 0 Å². The van der Waals surface area contributed by atoms with Gasteiger partial charge in [0.15, 0.2) is 5.96 Å². The number of furan rings is 1. The van der Waals surface area contributed by atoms with Gasteiger partial charge in [-0.1, -0.05) is 12.1 Å². The molecule has 0 amide bonds. The lowest BCUT2D eigenvalue weighted by Crippen LogP contribution is -2.39. The molecule has 2 aromatic heterocycles. The average molecular weight is 382 g/mol. The Labute approximate surface area is 164 Å². The summed E-state index contributed by atoms with van der Waals surface area (Å²) in [4.78, 5) is 8.84. The molecule has 148 valence electrons. The number of benzene rings is 1. The average Bonchev–Trinajstić information content (AvgIpc) is 3.38. The Balaban J connectivity index is 1.53. The number of methoxy groups -OCH3 is 1. The minimum atomic E-state index is 0.453. The Bertz CT molecular complexity index is 855. The van der Waals surface area contributed by atoms with Crippen molar-refractivity contribution in [3.8, 4) is 5.75 Å². The van der Waals surface area contributed by atoms with Gasteiger partial charge in [-0.25, -0.2) is 9.98 Å². The molecule has 28 heavy (non-hydrogen) atoms. The maximum Gasteiger partial charge on any atom is 0.191 e. The van der Waals surface area contributed by atoms with E-state index in [-0.39, 0.29) is 0 Å². The summed E-state index contributed by atoms with van der Waals surface area (Å²) in [6.07, 6.45) is 4.89. The Kier molecular flexibility index (Phi) is 7.06. The zero-order valence-corrected chi connectivity index (χ0v) is 16.3. The van der Waals surface area contributed by atoms with Crippen molar-refractivity contribution in [2.24, 2.45) is 12.0 Å². The van der Waals surface area contributed by atoms with Gasteiger partial charge in [-0.3, -0.25) is 4.68 Å². The molecule has 3 aromatic rings. The molecule has 0 bridgehead atoms. The number of aromatic nitrogens is 3. The van der Waals surface area contributed by atoms with Crippen molar-refractivity contribution < 1.29 is 9.15 Å². The number of nitrogens with one attached hydrogen (secondary N) is 2. The molecule has 0 saturated carbocycles. The van der Waals surface area contributed by atoms with Crippen LogP contribution in [0.1, 0.15) is 17.1 Å². The van der Waals surface area contributed by atoms with Gasteiger partial charge in [0.05, 0.1) is 13.4 Å². The molecule has 2 heterocycles. The molecule has 1 aromatic carbocycles. The fraction of sp³-hybridized carbons (Fsp3) is 0.350. The molecular weight excluding hydrogens is 356 g/mol. The number of aryl methyl sites for hydroxylation is 1. The van der Waals surface area contributed by atoms with Crippen LogP contribution in [0.25, 0.3) is 0 Å². The number of rotatable bonds is 9. The van der Waals surface area contributed by atoms with E-state index >= 15 is 0 Å². The first-order valence-electron chi connectivity index (χ1n) is 9.25. The highest BCUT2D eigenvalue weighted by Crippen LogP contribution is 2.11. The summed E-state index contributed by atoms with van der Waals surface area (Å²) in [6.45, 7) is 1.94. The van der Waals surface area contributed by atoms with Gasteiger partial charge < -0.3 is 19.8 Å². The smallest absolute Gasteiger partial charge is 0.191 e. The number of hydrogen-bond donors (Lipinski definition) is 2. The number of nitrogens with zero attached hydrogens (tertiary/aromatic N) is 4. The van der Waals surface area contributed by atoms with Crippen molar-refractivity contribution in [3.05, 3.63) is 66.1 Å². The predicted molar refractivity (Wildman–Crippen MR) is 107 cm³/mol. The number of aliphatic imine (C=N–C) groups is 1. The minimum Gasteiger partial charge on any atom is -0.497 e. The molecule has 3 rings (SSSR count). The summed E-state index contributed by atoms with van der Waals surface area (Å²) in [7, 11) is 3.53. The summed E-state index contributed by atoms with van der Waals surface area (Å²) in [5.74, 6) is 3.35. The van der Waals surface area contributed by atoms with Gasteiger partial charge in [0.25, 0.3) is 0 Å². The lowest BCUT2D eigenvalue weighted by Gasteiger charge is -2.12. The van der Waals surface area contributed by atoms with Gasteiger partial charge in [-0.15, -0.1) is 0 Å². The summed E-state index contributed by atoms with van der Waals surface area (Å²) in [5, 5.41) is 10.8. The standard InChI is InChI=1S/C20H26N6O2/c1-26-19(24-15-25-26)14-23-20(22-12-10-18-4-3-13-28-18)21-11-9-16-5-7-17(27-2)8-6-16/h3-8,13,15H,9-12,14H2,1-2H3,(H2,21,22,23). The molecule has 0 aliphatic heterocycles. The maximum atomic E-state index is 5.38. The summed E-state index contributed by atoms with van der Waals surface area (Å²) >= 11 is 0. The van der Waals surface area contributed by atoms with Crippen LogP contribution in [0.2, 0.25) is 0 Å². The third-order valence-electron chi connectivity index (χ3n) is 4.29. The second-order valence-corrected chi connectivity index (χ2v) is 6.25. The Morgan fingerprint density at radius 3 is 2.57 bits per heavy atom. The molecule has 0 fully saturated rings. The SMILES string of the molecule is COc1ccc(CCNC(=NCc2ncnn2C)NCCc2ccco2)cc1. The highest BCUT2D eigenvalue weighted by Gasteiger charge is 2.04. The van der Waals surface area contributed by atoms with Crippen LogP contribution in [0, 0.1) is 0 Å². The molecule has 8 nitrogen and oxygen atoms in total. The van der Waals surface area contributed by atoms with Crippen LogP contribution in [-0.2, 0) is 26.4 Å². The minimum absolute atomic E-state index is 0.453. The van der Waals surface area contributed by atoms with Crippen molar-refractivity contribution in [1.82, 2.24) is 25.4 Å². The number of ether oxygens (including phenoxy) is 1. The predicted octanol–water partition coefficient (Wildman–Crippen LogP) is 1.94. The van der Waals surface area contributed by atoms with Crippen LogP contribution >= 0.6 is 0 Å². The largest absolute Gasteiger partial charge is 0.497 e. The zero-order valence-electron chi connectivity index (χ0n) is 16.3. The van der Waals surface area contributed by atoms with E-state index in [2.05, 4.69) is 37.8 Å². The first-order valence-corrected chi connectivity index (χ1v) is 9.25. The Hall–Kier alpha value is -3.29. The van der Waals surface area contributed by atoms with E-state index in [1.54, 1.807) is 18.1 Å². The fourth-order valence-corrected chi connectivity index (χ4v) is 2.66. The molecule has 0 aliphatic carbocycles. The van der Waals surface area contributed by atoms with Gasteiger partial charge in [-0.2, -0.15) is 5.10 Å². The van der Waals surface area contributed by atoms with Gasteiger partial charge in [0.2, 0.25) is 0 Å². The van der Waals surface area contributed by atoms with E-state index < -0.39 is 0 Å². The first-order chi connectivity index (χ1) is 13.7. The molecular formula is C20H26N6O2. The quantitative estimate of drug-likeness (QED) is 0.434. The van der Waals surface area contributed by atoms with E-state index in [1.807, 2.05) is 31.3 Å². The maximum absolute atomic E-state index is 5.38. The lowest BCUT2D eigenvalue weighted by molar-refractivity contribution is 0.414. The van der Waals surface area contributed by atoms with Crippen LogP contribution in [0.15, 0.2) is 58.4 Å².